The number of carbonyl (C=O) groups is 1. The third-order valence-electron chi connectivity index (χ3n) is 1.82. The minimum Gasteiger partial charge on any atom is -0.305 e. The largest absolute Gasteiger partial charge is 0.453 e. The highest BCUT2D eigenvalue weighted by molar-refractivity contribution is 5.64. The van der Waals surface area contributed by atoms with Gasteiger partial charge in [-0.1, -0.05) is 26.7 Å². The van der Waals surface area contributed by atoms with Gasteiger partial charge in [0.1, 0.15) is 0 Å². The second-order valence-corrected chi connectivity index (χ2v) is 2.96. The zero-order chi connectivity index (χ0) is 9.40. The maximum absolute atomic E-state index is 10.5. The molecular weight excluding hydrogens is 154 g/mol. The van der Waals surface area contributed by atoms with Gasteiger partial charge in [0.15, 0.2) is 0 Å². The quantitative estimate of drug-likeness (QED) is 0.606. The molecule has 0 aromatic carbocycles. The highest BCUT2D eigenvalue weighted by atomic mass is 16.4. The van der Waals surface area contributed by atoms with E-state index in [9.17, 15) is 9.90 Å². The summed E-state index contributed by atoms with van der Waals surface area (Å²) in [5.41, 5.74) is 0. The van der Waals surface area contributed by atoms with Crippen LogP contribution in [0.2, 0.25) is 0 Å². The first-order valence-electron chi connectivity index (χ1n) is 4.68. The van der Waals surface area contributed by atoms with E-state index in [1.807, 2.05) is 13.8 Å². The van der Waals surface area contributed by atoms with Gasteiger partial charge in [0.25, 0.3) is 0 Å². The fourth-order valence-electron chi connectivity index (χ4n) is 0.992. The van der Waals surface area contributed by atoms with E-state index >= 15 is 0 Å². The van der Waals surface area contributed by atoms with Gasteiger partial charge in [0.2, 0.25) is 0 Å². The number of unbranched alkanes of at least 4 members (excludes halogenated alkanes) is 2. The number of nitrogens with zero attached hydrogens (tertiary/aromatic N) is 1. The van der Waals surface area contributed by atoms with Crippen molar-refractivity contribution < 1.29 is 9.90 Å². The fraction of sp³-hybridized carbons (Fsp3) is 0.889. The number of rotatable bonds is 6. The monoisotopic (exact) mass is 172 g/mol. The molecule has 0 saturated carbocycles. The predicted octanol–water partition coefficient (Wildman–Crippen LogP) is 2.44. The number of hydrogen-bond donors (Lipinski definition) is 0. The van der Waals surface area contributed by atoms with Gasteiger partial charge in [-0.05, 0) is 12.8 Å². The summed E-state index contributed by atoms with van der Waals surface area (Å²) in [6.45, 7) is 5.35. The maximum atomic E-state index is 10.5. The molecule has 12 heavy (non-hydrogen) atoms. The molecule has 0 saturated heterocycles. The van der Waals surface area contributed by atoms with Gasteiger partial charge in [-0.3, -0.25) is 0 Å². The molecule has 3 heteroatoms. The summed E-state index contributed by atoms with van der Waals surface area (Å²) in [6.07, 6.45) is 2.87. The molecule has 0 fully saturated rings. The highest BCUT2D eigenvalue weighted by Crippen LogP contribution is 1.99. The van der Waals surface area contributed by atoms with Gasteiger partial charge in [0.05, 0.1) is 0 Å². The van der Waals surface area contributed by atoms with Crippen LogP contribution in [0.4, 0.5) is 4.79 Å². The maximum Gasteiger partial charge on any atom is 0.453 e. The fourth-order valence-corrected chi connectivity index (χ4v) is 0.992. The second-order valence-electron chi connectivity index (χ2n) is 2.96. The molecule has 0 aromatic rings. The third-order valence-corrected chi connectivity index (χ3v) is 1.82. The van der Waals surface area contributed by atoms with E-state index in [2.05, 4.69) is 0 Å². The number of carbonyl (C=O) groups excluding carboxylic acids is 1. The highest BCUT2D eigenvalue weighted by Gasteiger charge is 2.10. The van der Waals surface area contributed by atoms with Crippen LogP contribution in [-0.2, 0) is 5.11 Å². The minimum atomic E-state index is -1.03. The molecule has 1 radical (unpaired) electrons. The number of hydrogen-bond acceptors (Lipinski definition) is 1. The van der Waals surface area contributed by atoms with Crippen molar-refractivity contribution in [1.82, 2.24) is 4.90 Å². The summed E-state index contributed by atoms with van der Waals surface area (Å²) in [5.74, 6) is 0. The van der Waals surface area contributed by atoms with Gasteiger partial charge in [-0.15, -0.1) is 0 Å². The van der Waals surface area contributed by atoms with E-state index in [0.717, 1.165) is 25.7 Å². The molecule has 3 nitrogen and oxygen atoms in total. The summed E-state index contributed by atoms with van der Waals surface area (Å²) >= 11 is 0. The van der Waals surface area contributed by atoms with E-state index < -0.39 is 6.09 Å². The van der Waals surface area contributed by atoms with Gasteiger partial charge < -0.3 is 4.90 Å². The van der Waals surface area contributed by atoms with Crippen LogP contribution in [0.15, 0.2) is 0 Å². The summed E-state index contributed by atoms with van der Waals surface area (Å²) in [4.78, 5) is 11.9. The Morgan fingerprint density at radius 2 is 1.50 bits per heavy atom. The first kappa shape index (κ1) is 11.3. The average Bonchev–Trinajstić information content (AvgIpc) is 2.04. The van der Waals surface area contributed by atoms with Crippen LogP contribution < -0.4 is 0 Å². The van der Waals surface area contributed by atoms with Crippen molar-refractivity contribution in [1.29, 1.82) is 0 Å². The Morgan fingerprint density at radius 1 is 1.08 bits per heavy atom. The summed E-state index contributed by atoms with van der Waals surface area (Å²) in [5, 5.41) is 10.5. The van der Waals surface area contributed by atoms with Crippen molar-refractivity contribution in [2.45, 2.75) is 39.5 Å². The molecule has 0 aliphatic carbocycles. The lowest BCUT2D eigenvalue weighted by atomic mass is 10.3. The van der Waals surface area contributed by atoms with Gasteiger partial charge >= 0.3 is 6.09 Å². The molecule has 0 rings (SSSR count). The molecule has 0 aromatic heterocycles. The zero-order valence-corrected chi connectivity index (χ0v) is 8.01. The Hall–Kier alpha value is -0.730. The molecule has 0 atom stereocenters. The smallest absolute Gasteiger partial charge is 0.305 e. The van der Waals surface area contributed by atoms with Crippen molar-refractivity contribution in [2.24, 2.45) is 0 Å². The molecule has 0 aliphatic rings. The van der Waals surface area contributed by atoms with E-state index in [1.165, 1.54) is 4.90 Å². The normalized spacial score (nSPS) is 9.83. The Kier molecular flexibility index (Phi) is 6.53. The van der Waals surface area contributed by atoms with Crippen molar-refractivity contribution in [3.05, 3.63) is 0 Å². The van der Waals surface area contributed by atoms with E-state index in [4.69, 9.17) is 0 Å². The predicted molar refractivity (Wildman–Crippen MR) is 47.5 cm³/mol. The van der Waals surface area contributed by atoms with Gasteiger partial charge in [0, 0.05) is 13.1 Å². The van der Waals surface area contributed by atoms with Crippen LogP contribution in [-0.4, -0.2) is 24.1 Å². The average molecular weight is 172 g/mol. The Balaban J connectivity index is 3.62. The molecule has 0 unspecified atom stereocenters. The van der Waals surface area contributed by atoms with Gasteiger partial charge in [-0.2, -0.15) is 0 Å². The first-order chi connectivity index (χ1) is 5.72. The SMILES string of the molecule is CCCCN(CCCC)C([O])=O. The van der Waals surface area contributed by atoms with E-state index in [-0.39, 0.29) is 0 Å². The lowest BCUT2D eigenvalue weighted by Gasteiger charge is -2.16. The Labute approximate surface area is 74.4 Å². The van der Waals surface area contributed by atoms with Crippen LogP contribution in [0.3, 0.4) is 0 Å². The van der Waals surface area contributed by atoms with Crippen LogP contribution in [0.5, 0.6) is 0 Å². The van der Waals surface area contributed by atoms with Crippen LogP contribution in [0.25, 0.3) is 0 Å². The molecular formula is C9H18NO2. The molecule has 0 bridgehead atoms. The molecule has 0 aliphatic heterocycles. The summed E-state index contributed by atoms with van der Waals surface area (Å²) in [6, 6.07) is 0. The van der Waals surface area contributed by atoms with Crippen LogP contribution >= 0.6 is 0 Å². The standard InChI is InChI=1S/C9H18NO2/c1-3-5-7-10(9(11)12)8-6-4-2/h3-8H2,1-2H3. The van der Waals surface area contributed by atoms with Crippen molar-refractivity contribution in [2.75, 3.05) is 13.1 Å². The Bertz CT molecular complexity index is 118. The summed E-state index contributed by atoms with van der Waals surface area (Å²) < 4.78 is 0. The molecule has 0 spiro atoms. The molecule has 0 heterocycles. The molecule has 71 valence electrons. The topological polar surface area (TPSA) is 40.2 Å². The van der Waals surface area contributed by atoms with Crippen molar-refractivity contribution >= 4 is 6.09 Å². The van der Waals surface area contributed by atoms with Crippen molar-refractivity contribution in [3.63, 3.8) is 0 Å². The van der Waals surface area contributed by atoms with Crippen LogP contribution in [0, 0.1) is 0 Å². The Morgan fingerprint density at radius 3 is 1.75 bits per heavy atom. The summed E-state index contributed by atoms with van der Waals surface area (Å²) in [7, 11) is 0. The minimum absolute atomic E-state index is 0.624. The van der Waals surface area contributed by atoms with Crippen LogP contribution in [0.1, 0.15) is 39.5 Å². The molecule has 0 N–H and O–H groups in total. The van der Waals surface area contributed by atoms with Gasteiger partial charge in [-0.25, -0.2) is 9.90 Å². The number of amides is 1. The zero-order valence-electron chi connectivity index (χ0n) is 8.01. The first-order valence-corrected chi connectivity index (χ1v) is 4.68. The van der Waals surface area contributed by atoms with E-state index in [1.54, 1.807) is 0 Å². The van der Waals surface area contributed by atoms with E-state index in [0.29, 0.717) is 13.1 Å². The second kappa shape index (κ2) is 6.95. The lowest BCUT2D eigenvalue weighted by Crippen LogP contribution is -2.30. The molecule has 1 amide bonds. The van der Waals surface area contributed by atoms with Crippen molar-refractivity contribution in [3.8, 4) is 0 Å². The lowest BCUT2D eigenvalue weighted by molar-refractivity contribution is 0.118. The third kappa shape index (κ3) is 4.99.